The van der Waals surface area contributed by atoms with E-state index in [0.717, 1.165) is 22.2 Å². The van der Waals surface area contributed by atoms with Gasteiger partial charge in [0.05, 0.1) is 10.0 Å². The van der Waals surface area contributed by atoms with Crippen LogP contribution in [0.3, 0.4) is 0 Å². The lowest BCUT2D eigenvalue weighted by atomic mass is 10.0. The first-order valence-corrected chi connectivity index (χ1v) is 8.09. The van der Waals surface area contributed by atoms with Gasteiger partial charge in [-0.25, -0.2) is 0 Å². The van der Waals surface area contributed by atoms with Crippen molar-refractivity contribution < 1.29 is 4.74 Å². The molecule has 1 unspecified atom stereocenters. The smallest absolute Gasteiger partial charge is 0.147 e. The highest BCUT2D eigenvalue weighted by molar-refractivity contribution is 9.10. The molecule has 1 atom stereocenters. The number of benzene rings is 2. The number of hydrogen-bond donors (Lipinski definition) is 1. The highest BCUT2D eigenvalue weighted by Crippen LogP contribution is 2.37. The Morgan fingerprint density at radius 3 is 2.48 bits per heavy atom. The van der Waals surface area contributed by atoms with Gasteiger partial charge in [0.25, 0.3) is 0 Å². The summed E-state index contributed by atoms with van der Waals surface area (Å²) in [5, 5.41) is 1.06. The molecule has 2 N–H and O–H groups in total. The van der Waals surface area contributed by atoms with E-state index in [1.165, 1.54) is 5.56 Å². The molecule has 0 aliphatic carbocycles. The van der Waals surface area contributed by atoms with Crippen molar-refractivity contribution in [3.05, 3.63) is 56.0 Å². The zero-order valence-corrected chi connectivity index (χ0v) is 14.9. The molecule has 0 aromatic heterocycles. The molecule has 0 spiro atoms. The maximum absolute atomic E-state index is 6.17. The Hall–Kier alpha value is -0.740. The Balaban J connectivity index is 2.26. The van der Waals surface area contributed by atoms with Crippen molar-refractivity contribution in [1.29, 1.82) is 0 Å². The van der Waals surface area contributed by atoms with Gasteiger partial charge >= 0.3 is 0 Å². The van der Waals surface area contributed by atoms with Crippen molar-refractivity contribution in [2.75, 3.05) is 0 Å². The van der Waals surface area contributed by atoms with Crippen LogP contribution in [0.1, 0.15) is 18.1 Å². The van der Waals surface area contributed by atoms with Crippen LogP contribution in [-0.2, 0) is 6.42 Å². The Morgan fingerprint density at radius 2 is 1.86 bits per heavy atom. The fourth-order valence-electron chi connectivity index (χ4n) is 2.03. The minimum absolute atomic E-state index is 0.135. The van der Waals surface area contributed by atoms with Gasteiger partial charge in [-0.2, -0.15) is 0 Å². The Bertz CT molecular complexity index is 659. The van der Waals surface area contributed by atoms with Gasteiger partial charge in [-0.15, -0.1) is 0 Å². The maximum atomic E-state index is 6.17. The molecular weight excluding hydrogens is 373 g/mol. The monoisotopic (exact) mass is 387 g/mol. The SMILES string of the molecule is Cc1cc(CC(C)N)ccc1Oc1cc(Cl)c(Br)cc1Cl. The van der Waals surface area contributed by atoms with E-state index in [0.29, 0.717) is 15.8 Å². The van der Waals surface area contributed by atoms with Gasteiger partial charge in [-0.3, -0.25) is 0 Å². The predicted molar refractivity (Wildman–Crippen MR) is 92.8 cm³/mol. The molecule has 2 aromatic carbocycles. The van der Waals surface area contributed by atoms with Crippen molar-refractivity contribution in [2.24, 2.45) is 5.73 Å². The lowest BCUT2D eigenvalue weighted by Crippen LogP contribution is -2.17. The van der Waals surface area contributed by atoms with Crippen LogP contribution in [-0.4, -0.2) is 6.04 Å². The van der Waals surface area contributed by atoms with Crippen molar-refractivity contribution in [1.82, 2.24) is 0 Å². The van der Waals surface area contributed by atoms with E-state index in [-0.39, 0.29) is 6.04 Å². The topological polar surface area (TPSA) is 35.2 Å². The second-order valence-electron chi connectivity index (χ2n) is 5.08. The van der Waals surface area contributed by atoms with E-state index >= 15 is 0 Å². The van der Waals surface area contributed by atoms with Crippen LogP contribution in [0.5, 0.6) is 11.5 Å². The summed E-state index contributed by atoms with van der Waals surface area (Å²) in [6.07, 6.45) is 0.839. The quantitative estimate of drug-likeness (QED) is 0.677. The van der Waals surface area contributed by atoms with E-state index in [1.54, 1.807) is 12.1 Å². The van der Waals surface area contributed by atoms with E-state index in [9.17, 15) is 0 Å². The van der Waals surface area contributed by atoms with Crippen LogP contribution in [0.2, 0.25) is 10.0 Å². The summed E-state index contributed by atoms with van der Waals surface area (Å²) in [5.41, 5.74) is 8.04. The predicted octanol–water partition coefficient (Wildman–Crippen LogP) is 5.75. The summed E-state index contributed by atoms with van der Waals surface area (Å²) in [6, 6.07) is 9.57. The first-order valence-electron chi connectivity index (χ1n) is 6.54. The van der Waals surface area contributed by atoms with E-state index in [1.807, 2.05) is 26.0 Å². The van der Waals surface area contributed by atoms with Gasteiger partial charge in [0.1, 0.15) is 11.5 Å². The molecule has 0 fully saturated rings. The number of nitrogens with two attached hydrogens (primary N) is 1. The average Bonchev–Trinajstić information content (AvgIpc) is 2.38. The number of halogens is 3. The van der Waals surface area contributed by atoms with E-state index in [2.05, 4.69) is 22.0 Å². The number of ether oxygens (including phenoxy) is 1. The molecule has 2 aromatic rings. The molecule has 2 rings (SSSR count). The fourth-order valence-corrected chi connectivity index (χ4v) is 2.86. The number of rotatable bonds is 4. The second-order valence-corrected chi connectivity index (χ2v) is 6.75. The average molecular weight is 389 g/mol. The normalized spacial score (nSPS) is 12.3. The summed E-state index contributed by atoms with van der Waals surface area (Å²) >= 11 is 15.6. The number of hydrogen-bond acceptors (Lipinski definition) is 2. The zero-order chi connectivity index (χ0) is 15.6. The van der Waals surface area contributed by atoms with Crippen LogP contribution in [0, 0.1) is 6.92 Å². The van der Waals surface area contributed by atoms with Gasteiger partial charge in [0.2, 0.25) is 0 Å². The third kappa shape index (κ3) is 4.36. The third-order valence-electron chi connectivity index (χ3n) is 2.99. The standard InChI is InChI=1S/C16H16BrCl2NO/c1-9-5-11(6-10(2)20)3-4-15(9)21-16-8-13(18)12(17)7-14(16)19/h3-5,7-8,10H,6,20H2,1-2H3. The molecular formula is C16H16BrCl2NO. The van der Waals surface area contributed by atoms with Gasteiger partial charge in [-0.1, -0.05) is 35.3 Å². The molecule has 0 aliphatic rings. The fraction of sp³-hybridized carbons (Fsp3) is 0.250. The minimum atomic E-state index is 0.135. The molecule has 0 amide bonds. The summed E-state index contributed by atoms with van der Waals surface area (Å²) in [4.78, 5) is 0. The molecule has 0 saturated heterocycles. The van der Waals surface area contributed by atoms with Gasteiger partial charge < -0.3 is 10.5 Å². The van der Waals surface area contributed by atoms with Crippen LogP contribution in [0.15, 0.2) is 34.8 Å². The Morgan fingerprint density at radius 1 is 1.14 bits per heavy atom. The Labute approximate surface area is 143 Å². The molecule has 0 radical (unpaired) electrons. The van der Waals surface area contributed by atoms with E-state index in [4.69, 9.17) is 33.7 Å². The highest BCUT2D eigenvalue weighted by Gasteiger charge is 2.10. The van der Waals surface area contributed by atoms with Crippen LogP contribution in [0.25, 0.3) is 0 Å². The van der Waals surface area contributed by atoms with Gasteiger partial charge in [0, 0.05) is 16.6 Å². The third-order valence-corrected chi connectivity index (χ3v) is 4.48. The van der Waals surface area contributed by atoms with Crippen LogP contribution >= 0.6 is 39.1 Å². The minimum Gasteiger partial charge on any atom is -0.455 e. The van der Waals surface area contributed by atoms with Crippen molar-refractivity contribution >= 4 is 39.1 Å². The number of aryl methyl sites for hydroxylation is 1. The summed E-state index contributed by atoms with van der Waals surface area (Å²) in [5.74, 6) is 1.29. The van der Waals surface area contributed by atoms with Crippen molar-refractivity contribution in [2.45, 2.75) is 26.3 Å². The molecule has 0 aliphatic heterocycles. The van der Waals surface area contributed by atoms with Gasteiger partial charge in [0.15, 0.2) is 0 Å². The molecule has 2 nitrogen and oxygen atoms in total. The molecule has 112 valence electrons. The Kier molecular flexibility index (Phi) is 5.55. The van der Waals surface area contributed by atoms with Crippen molar-refractivity contribution in [3.8, 4) is 11.5 Å². The maximum Gasteiger partial charge on any atom is 0.147 e. The van der Waals surface area contributed by atoms with Crippen LogP contribution < -0.4 is 10.5 Å². The molecule has 0 bridgehead atoms. The summed E-state index contributed by atoms with van der Waals surface area (Å²) in [7, 11) is 0. The van der Waals surface area contributed by atoms with Gasteiger partial charge in [-0.05, 0) is 59.5 Å². The van der Waals surface area contributed by atoms with Crippen molar-refractivity contribution in [3.63, 3.8) is 0 Å². The molecule has 0 heterocycles. The molecule has 5 heteroatoms. The first kappa shape index (κ1) is 16.6. The molecule has 21 heavy (non-hydrogen) atoms. The highest BCUT2D eigenvalue weighted by atomic mass is 79.9. The zero-order valence-electron chi connectivity index (χ0n) is 11.8. The lowest BCUT2D eigenvalue weighted by molar-refractivity contribution is 0.478. The second kappa shape index (κ2) is 7.01. The summed E-state index contributed by atoms with van der Waals surface area (Å²) in [6.45, 7) is 3.98. The lowest BCUT2D eigenvalue weighted by Gasteiger charge is -2.13. The largest absolute Gasteiger partial charge is 0.455 e. The first-order chi connectivity index (χ1) is 9.86. The van der Waals surface area contributed by atoms with Crippen LogP contribution in [0.4, 0.5) is 0 Å². The summed E-state index contributed by atoms with van der Waals surface area (Å²) < 4.78 is 6.61. The van der Waals surface area contributed by atoms with E-state index < -0.39 is 0 Å². The molecule has 0 saturated carbocycles.